The molecule has 0 bridgehead atoms. The fourth-order valence-corrected chi connectivity index (χ4v) is 2.36. The van der Waals surface area contributed by atoms with Crippen molar-refractivity contribution in [2.45, 2.75) is 20.3 Å². The van der Waals surface area contributed by atoms with Crippen molar-refractivity contribution < 1.29 is 19.1 Å². The zero-order chi connectivity index (χ0) is 17.5. The third-order valence-corrected chi connectivity index (χ3v) is 3.44. The van der Waals surface area contributed by atoms with Crippen LogP contribution < -0.4 is 10.1 Å². The van der Waals surface area contributed by atoms with E-state index in [2.05, 4.69) is 5.32 Å². The topological polar surface area (TPSA) is 64.6 Å². The highest BCUT2D eigenvalue weighted by Gasteiger charge is 2.11. The minimum Gasteiger partial charge on any atom is -0.496 e. The van der Waals surface area contributed by atoms with Crippen LogP contribution in [0.25, 0.3) is 0 Å². The zero-order valence-corrected chi connectivity index (χ0v) is 14.1. The molecule has 0 aliphatic heterocycles. The predicted molar refractivity (Wildman–Crippen MR) is 92.5 cm³/mol. The smallest absolute Gasteiger partial charge is 0.338 e. The number of aryl methyl sites for hydroxylation is 1. The van der Waals surface area contributed by atoms with Gasteiger partial charge in [0.15, 0.2) is 0 Å². The van der Waals surface area contributed by atoms with E-state index >= 15 is 0 Å². The molecule has 0 spiro atoms. The SMILES string of the molecule is CCOC(=O)c1cccc(NC(=O)Cc2cc(C)ccc2OC)c1. The van der Waals surface area contributed by atoms with Gasteiger partial charge in [0.05, 0.1) is 25.7 Å². The van der Waals surface area contributed by atoms with E-state index in [1.807, 2.05) is 25.1 Å². The van der Waals surface area contributed by atoms with E-state index in [0.717, 1.165) is 11.1 Å². The normalized spacial score (nSPS) is 10.1. The summed E-state index contributed by atoms with van der Waals surface area (Å²) in [5.41, 5.74) is 2.83. The van der Waals surface area contributed by atoms with E-state index in [1.165, 1.54) is 0 Å². The first kappa shape index (κ1) is 17.5. The second-order valence-corrected chi connectivity index (χ2v) is 5.34. The number of nitrogens with one attached hydrogen (secondary N) is 1. The number of ether oxygens (including phenoxy) is 2. The van der Waals surface area contributed by atoms with E-state index in [0.29, 0.717) is 23.6 Å². The summed E-state index contributed by atoms with van der Waals surface area (Å²) in [5, 5.41) is 2.80. The first-order valence-corrected chi connectivity index (χ1v) is 7.74. The average Bonchev–Trinajstić information content (AvgIpc) is 2.55. The summed E-state index contributed by atoms with van der Waals surface area (Å²) < 4.78 is 10.2. The largest absolute Gasteiger partial charge is 0.496 e. The maximum Gasteiger partial charge on any atom is 0.338 e. The summed E-state index contributed by atoms with van der Waals surface area (Å²) in [6.07, 6.45) is 0.189. The Morgan fingerprint density at radius 1 is 1.12 bits per heavy atom. The van der Waals surface area contributed by atoms with Gasteiger partial charge in [-0.05, 0) is 38.1 Å². The molecule has 0 heterocycles. The van der Waals surface area contributed by atoms with Crippen LogP contribution in [0.5, 0.6) is 5.75 Å². The van der Waals surface area contributed by atoms with Crippen LogP contribution in [0.4, 0.5) is 5.69 Å². The molecule has 0 aliphatic carbocycles. The molecule has 0 atom stereocenters. The molecule has 5 heteroatoms. The molecule has 2 aromatic carbocycles. The molecule has 0 unspecified atom stereocenters. The van der Waals surface area contributed by atoms with Crippen molar-refractivity contribution in [3.63, 3.8) is 0 Å². The van der Waals surface area contributed by atoms with Crippen molar-refractivity contribution in [1.82, 2.24) is 0 Å². The monoisotopic (exact) mass is 327 g/mol. The van der Waals surface area contributed by atoms with E-state index in [-0.39, 0.29) is 12.3 Å². The van der Waals surface area contributed by atoms with Crippen LogP contribution in [0, 0.1) is 6.92 Å². The Kier molecular flexibility index (Phi) is 5.95. The van der Waals surface area contributed by atoms with Crippen LogP contribution in [-0.2, 0) is 16.0 Å². The lowest BCUT2D eigenvalue weighted by molar-refractivity contribution is -0.115. The lowest BCUT2D eigenvalue weighted by Gasteiger charge is -2.10. The second kappa shape index (κ2) is 8.15. The summed E-state index contributed by atoms with van der Waals surface area (Å²) in [5.74, 6) is 0.0879. The molecular formula is C19H21NO4. The fraction of sp³-hybridized carbons (Fsp3) is 0.263. The van der Waals surface area contributed by atoms with E-state index in [9.17, 15) is 9.59 Å². The van der Waals surface area contributed by atoms with Crippen LogP contribution in [0.1, 0.15) is 28.4 Å². The predicted octanol–water partition coefficient (Wildman–Crippen LogP) is 3.36. The number of rotatable bonds is 6. The Balaban J connectivity index is 2.09. The highest BCUT2D eigenvalue weighted by Crippen LogP contribution is 2.21. The number of carbonyl (C=O) groups is 2. The van der Waals surface area contributed by atoms with E-state index < -0.39 is 5.97 Å². The van der Waals surface area contributed by atoms with Crippen molar-refractivity contribution in [3.05, 3.63) is 59.2 Å². The standard InChI is InChI=1S/C19H21NO4/c1-4-24-19(22)14-6-5-7-16(11-14)20-18(21)12-15-10-13(2)8-9-17(15)23-3/h5-11H,4,12H2,1-3H3,(H,20,21). The Morgan fingerprint density at radius 3 is 2.62 bits per heavy atom. The lowest BCUT2D eigenvalue weighted by atomic mass is 10.1. The van der Waals surface area contributed by atoms with Gasteiger partial charge in [0.25, 0.3) is 0 Å². The number of anilines is 1. The minimum absolute atomic E-state index is 0.181. The molecule has 5 nitrogen and oxygen atoms in total. The number of benzene rings is 2. The highest BCUT2D eigenvalue weighted by atomic mass is 16.5. The molecule has 0 saturated heterocycles. The van der Waals surface area contributed by atoms with Crippen molar-refractivity contribution in [1.29, 1.82) is 0 Å². The van der Waals surface area contributed by atoms with Crippen LogP contribution >= 0.6 is 0 Å². The highest BCUT2D eigenvalue weighted by molar-refractivity contribution is 5.95. The maximum absolute atomic E-state index is 12.3. The Bertz CT molecular complexity index is 740. The third-order valence-electron chi connectivity index (χ3n) is 3.44. The van der Waals surface area contributed by atoms with Gasteiger partial charge in [-0.1, -0.05) is 23.8 Å². The summed E-state index contributed by atoms with van der Waals surface area (Å²) in [7, 11) is 1.58. The summed E-state index contributed by atoms with van der Waals surface area (Å²) in [6.45, 7) is 4.02. The quantitative estimate of drug-likeness (QED) is 0.826. The lowest BCUT2D eigenvalue weighted by Crippen LogP contribution is -2.15. The van der Waals surface area contributed by atoms with Crippen LogP contribution in [0.15, 0.2) is 42.5 Å². The summed E-state index contributed by atoms with van der Waals surface area (Å²) in [4.78, 5) is 24.0. The van der Waals surface area contributed by atoms with Crippen LogP contribution in [0.2, 0.25) is 0 Å². The first-order valence-electron chi connectivity index (χ1n) is 7.74. The van der Waals surface area contributed by atoms with Crippen molar-refractivity contribution in [2.75, 3.05) is 19.0 Å². The van der Waals surface area contributed by atoms with Crippen molar-refractivity contribution >= 4 is 17.6 Å². The second-order valence-electron chi connectivity index (χ2n) is 5.34. The Hall–Kier alpha value is -2.82. The molecule has 2 aromatic rings. The first-order chi connectivity index (χ1) is 11.5. The van der Waals surface area contributed by atoms with Gasteiger partial charge in [-0.15, -0.1) is 0 Å². The zero-order valence-electron chi connectivity index (χ0n) is 14.1. The Labute approximate surface area is 141 Å². The van der Waals surface area contributed by atoms with Gasteiger partial charge in [0.2, 0.25) is 5.91 Å². The van der Waals surface area contributed by atoms with Gasteiger partial charge in [-0.3, -0.25) is 4.79 Å². The van der Waals surface area contributed by atoms with Gasteiger partial charge in [-0.25, -0.2) is 4.79 Å². The number of amides is 1. The van der Waals surface area contributed by atoms with Crippen LogP contribution in [0.3, 0.4) is 0 Å². The maximum atomic E-state index is 12.3. The van der Waals surface area contributed by atoms with Gasteiger partial charge in [-0.2, -0.15) is 0 Å². The number of esters is 1. The number of hydrogen-bond acceptors (Lipinski definition) is 4. The van der Waals surface area contributed by atoms with Gasteiger partial charge >= 0.3 is 5.97 Å². The molecule has 24 heavy (non-hydrogen) atoms. The minimum atomic E-state index is -0.408. The molecule has 1 amide bonds. The molecule has 0 saturated carbocycles. The Morgan fingerprint density at radius 2 is 1.92 bits per heavy atom. The molecule has 0 aromatic heterocycles. The number of methoxy groups -OCH3 is 1. The van der Waals surface area contributed by atoms with Crippen LogP contribution in [-0.4, -0.2) is 25.6 Å². The molecule has 126 valence electrons. The molecular weight excluding hydrogens is 306 g/mol. The molecule has 0 aliphatic rings. The van der Waals surface area contributed by atoms with Gasteiger partial charge in [0.1, 0.15) is 5.75 Å². The van der Waals surface area contributed by atoms with E-state index in [1.54, 1.807) is 38.3 Å². The number of carbonyl (C=O) groups excluding carboxylic acids is 2. The number of hydrogen-bond donors (Lipinski definition) is 1. The van der Waals surface area contributed by atoms with Crippen molar-refractivity contribution in [2.24, 2.45) is 0 Å². The van der Waals surface area contributed by atoms with Gasteiger partial charge in [0, 0.05) is 11.3 Å². The van der Waals surface area contributed by atoms with E-state index in [4.69, 9.17) is 9.47 Å². The van der Waals surface area contributed by atoms with Crippen molar-refractivity contribution in [3.8, 4) is 5.75 Å². The average molecular weight is 327 g/mol. The fourth-order valence-electron chi connectivity index (χ4n) is 2.36. The third kappa shape index (κ3) is 4.59. The molecule has 0 radical (unpaired) electrons. The molecule has 2 rings (SSSR count). The summed E-state index contributed by atoms with van der Waals surface area (Å²) in [6, 6.07) is 12.4. The molecule has 1 N–H and O–H groups in total. The summed E-state index contributed by atoms with van der Waals surface area (Å²) >= 11 is 0. The molecule has 0 fully saturated rings. The van der Waals surface area contributed by atoms with Gasteiger partial charge < -0.3 is 14.8 Å².